The van der Waals surface area contributed by atoms with Gasteiger partial charge < -0.3 is 0 Å². The zero-order chi connectivity index (χ0) is 20.1. The Hall–Kier alpha value is -2.43. The number of halogens is 3. The molecule has 0 spiro atoms. The molecule has 0 aliphatic rings. The lowest BCUT2D eigenvalue weighted by Crippen LogP contribution is -2.15. The molecule has 3 rings (SSSR count). The van der Waals surface area contributed by atoms with E-state index in [-0.39, 0.29) is 10.9 Å². The first-order valence-corrected chi connectivity index (χ1v) is 9.90. The number of hydrogen-bond donors (Lipinski definition) is 2. The molecule has 1 amide bonds. The predicted octanol–water partition coefficient (Wildman–Crippen LogP) is 4.88. The highest BCUT2D eigenvalue weighted by Crippen LogP contribution is 2.28. The quantitative estimate of drug-likeness (QED) is 0.418. The molecule has 0 aliphatic heterocycles. The number of carbonyl (C=O) groups is 1. The van der Waals surface area contributed by atoms with Crippen LogP contribution in [-0.2, 0) is 0 Å². The molecule has 146 valence electrons. The lowest BCUT2D eigenvalue weighted by atomic mass is 10.2. The second-order valence-electron chi connectivity index (χ2n) is 5.64. The minimum absolute atomic E-state index is 0.117. The highest BCUT2D eigenvalue weighted by molar-refractivity contribution is 7.97. The molecule has 0 radical (unpaired) electrons. The summed E-state index contributed by atoms with van der Waals surface area (Å²) in [6, 6.07) is 7.91. The lowest BCUT2D eigenvalue weighted by Gasteiger charge is -2.08. The molecule has 0 saturated carbocycles. The van der Waals surface area contributed by atoms with E-state index in [1.54, 1.807) is 0 Å². The molecule has 1 aromatic heterocycles. The number of nitrogens with zero attached hydrogens (tertiary/aromatic N) is 2. The van der Waals surface area contributed by atoms with Crippen molar-refractivity contribution in [1.82, 2.24) is 14.9 Å². The van der Waals surface area contributed by atoms with Gasteiger partial charge in [-0.3, -0.25) is 14.8 Å². The minimum Gasteiger partial charge on any atom is -0.296 e. The molecule has 2 aromatic carbocycles. The topological polar surface area (TPSA) is 66.9 Å². The Balaban J connectivity index is 1.76. The lowest BCUT2D eigenvalue weighted by molar-refractivity contribution is 0.102. The van der Waals surface area contributed by atoms with E-state index in [4.69, 9.17) is 0 Å². The van der Waals surface area contributed by atoms with E-state index in [1.165, 1.54) is 30.3 Å². The van der Waals surface area contributed by atoms with Gasteiger partial charge in [-0.15, -0.1) is 10.2 Å². The number of anilines is 1. The molecule has 0 fully saturated rings. The first-order chi connectivity index (χ1) is 13.5. The van der Waals surface area contributed by atoms with Crippen molar-refractivity contribution < 1.29 is 18.0 Å². The molecular formula is C18H15F3N4OS2. The van der Waals surface area contributed by atoms with Crippen molar-refractivity contribution in [3.63, 3.8) is 0 Å². The van der Waals surface area contributed by atoms with Crippen LogP contribution in [0.1, 0.15) is 23.7 Å². The Morgan fingerprint density at radius 1 is 1.14 bits per heavy atom. The Morgan fingerprint density at radius 2 is 1.89 bits per heavy atom. The molecule has 0 saturated heterocycles. The second kappa shape index (κ2) is 9.18. The largest absolute Gasteiger partial charge is 0.296 e. The standard InChI is InChI=1S/C18H15F3N4OS2/c1-2-7-22-28-12-8-13(15(21)14(20)9-12)16(26)23-18-25-24-17(27-18)10-3-5-11(19)6-4-10/h3-6,8-9,22H,2,7H2,1H3,(H,23,25,26). The summed E-state index contributed by atoms with van der Waals surface area (Å²) in [4.78, 5) is 12.8. The van der Waals surface area contributed by atoms with Crippen LogP contribution in [0, 0.1) is 17.5 Å². The van der Waals surface area contributed by atoms with Crippen molar-refractivity contribution in [2.45, 2.75) is 18.2 Å². The molecule has 5 nitrogen and oxygen atoms in total. The number of carbonyl (C=O) groups excluding carboxylic acids is 1. The number of amides is 1. The van der Waals surface area contributed by atoms with E-state index in [0.717, 1.165) is 35.8 Å². The summed E-state index contributed by atoms with van der Waals surface area (Å²) >= 11 is 2.15. The summed E-state index contributed by atoms with van der Waals surface area (Å²) in [7, 11) is 0. The molecule has 0 aliphatic carbocycles. The molecule has 1 heterocycles. The number of hydrogen-bond acceptors (Lipinski definition) is 6. The number of nitrogens with one attached hydrogen (secondary N) is 2. The Morgan fingerprint density at radius 3 is 2.61 bits per heavy atom. The summed E-state index contributed by atoms with van der Waals surface area (Å²) in [6.07, 6.45) is 0.872. The summed E-state index contributed by atoms with van der Waals surface area (Å²) in [5, 5.41) is 10.7. The molecule has 0 unspecified atom stereocenters. The van der Waals surface area contributed by atoms with Crippen molar-refractivity contribution in [3.05, 3.63) is 59.4 Å². The van der Waals surface area contributed by atoms with E-state index in [9.17, 15) is 18.0 Å². The van der Waals surface area contributed by atoms with Crippen LogP contribution >= 0.6 is 23.3 Å². The normalized spacial score (nSPS) is 10.9. The van der Waals surface area contributed by atoms with Crippen molar-refractivity contribution in [2.75, 3.05) is 11.9 Å². The van der Waals surface area contributed by atoms with Gasteiger partial charge >= 0.3 is 0 Å². The van der Waals surface area contributed by atoms with Gasteiger partial charge in [0.15, 0.2) is 11.6 Å². The molecule has 2 N–H and O–H groups in total. The van der Waals surface area contributed by atoms with Crippen LogP contribution in [0.15, 0.2) is 41.3 Å². The van der Waals surface area contributed by atoms with E-state index in [2.05, 4.69) is 20.2 Å². The van der Waals surface area contributed by atoms with Gasteiger partial charge in [0.1, 0.15) is 10.8 Å². The van der Waals surface area contributed by atoms with Gasteiger partial charge in [-0.2, -0.15) is 0 Å². The second-order valence-corrected chi connectivity index (χ2v) is 7.58. The van der Waals surface area contributed by atoms with Crippen LogP contribution < -0.4 is 10.0 Å². The van der Waals surface area contributed by atoms with Crippen molar-refractivity contribution in [1.29, 1.82) is 0 Å². The van der Waals surface area contributed by atoms with Crippen molar-refractivity contribution in [2.24, 2.45) is 0 Å². The van der Waals surface area contributed by atoms with Crippen LogP contribution in [0.3, 0.4) is 0 Å². The first-order valence-electron chi connectivity index (χ1n) is 8.27. The highest BCUT2D eigenvalue weighted by Gasteiger charge is 2.19. The zero-order valence-electron chi connectivity index (χ0n) is 14.6. The highest BCUT2D eigenvalue weighted by atomic mass is 32.2. The van der Waals surface area contributed by atoms with Gasteiger partial charge in [-0.1, -0.05) is 18.3 Å². The maximum Gasteiger partial charge on any atom is 0.260 e. The van der Waals surface area contributed by atoms with Crippen LogP contribution in [0.25, 0.3) is 10.6 Å². The first kappa shape index (κ1) is 20.3. The summed E-state index contributed by atoms with van der Waals surface area (Å²) in [5.41, 5.74) is 0.191. The summed E-state index contributed by atoms with van der Waals surface area (Å²) in [5.74, 6) is -3.57. The Labute approximate surface area is 167 Å². The SMILES string of the molecule is CCCNSc1cc(F)c(F)c(C(=O)Nc2nnc(-c3ccc(F)cc3)s2)c1. The zero-order valence-corrected chi connectivity index (χ0v) is 16.3. The molecule has 0 bridgehead atoms. The number of rotatable bonds is 7. The predicted molar refractivity (Wildman–Crippen MR) is 104 cm³/mol. The van der Waals surface area contributed by atoms with Gasteiger partial charge in [0.25, 0.3) is 5.91 Å². The minimum atomic E-state index is -1.24. The Kier molecular flexibility index (Phi) is 6.65. The van der Waals surface area contributed by atoms with Crippen LogP contribution in [0.5, 0.6) is 0 Å². The maximum absolute atomic E-state index is 14.1. The number of benzene rings is 2. The third-order valence-electron chi connectivity index (χ3n) is 3.53. The van der Waals surface area contributed by atoms with Gasteiger partial charge in [0.2, 0.25) is 5.13 Å². The fourth-order valence-corrected chi connectivity index (χ4v) is 3.73. The number of aromatic nitrogens is 2. The molecule has 28 heavy (non-hydrogen) atoms. The van der Waals surface area contributed by atoms with Crippen molar-refractivity contribution in [3.8, 4) is 10.6 Å². The van der Waals surface area contributed by atoms with Crippen LogP contribution in [0.2, 0.25) is 0 Å². The van der Waals surface area contributed by atoms with E-state index in [0.29, 0.717) is 22.0 Å². The third-order valence-corrected chi connectivity index (χ3v) is 5.23. The van der Waals surface area contributed by atoms with Crippen molar-refractivity contribution >= 4 is 34.3 Å². The Bertz CT molecular complexity index is 979. The maximum atomic E-state index is 14.1. The van der Waals surface area contributed by atoms with E-state index in [1.807, 2.05) is 6.92 Å². The van der Waals surface area contributed by atoms with Gasteiger partial charge in [-0.05, 0) is 54.8 Å². The smallest absolute Gasteiger partial charge is 0.260 e. The summed E-state index contributed by atoms with van der Waals surface area (Å²) < 4.78 is 43.9. The van der Waals surface area contributed by atoms with Crippen LogP contribution in [0.4, 0.5) is 18.3 Å². The average Bonchev–Trinajstić information content (AvgIpc) is 3.13. The van der Waals surface area contributed by atoms with E-state index >= 15 is 0 Å². The fourth-order valence-electron chi connectivity index (χ4n) is 2.17. The molecular weight excluding hydrogens is 409 g/mol. The molecule has 3 aromatic rings. The fraction of sp³-hybridized carbons (Fsp3) is 0.167. The van der Waals surface area contributed by atoms with E-state index < -0.39 is 23.1 Å². The van der Waals surface area contributed by atoms with Gasteiger partial charge in [-0.25, -0.2) is 13.2 Å². The average molecular weight is 424 g/mol. The van der Waals surface area contributed by atoms with Gasteiger partial charge in [0, 0.05) is 17.0 Å². The third kappa shape index (κ3) is 4.89. The molecule has 10 heteroatoms. The summed E-state index contributed by atoms with van der Waals surface area (Å²) in [6.45, 7) is 2.65. The van der Waals surface area contributed by atoms with Gasteiger partial charge in [0.05, 0.1) is 5.56 Å². The monoisotopic (exact) mass is 424 g/mol. The van der Waals surface area contributed by atoms with Crippen LogP contribution in [-0.4, -0.2) is 22.6 Å². The molecule has 0 atom stereocenters.